The van der Waals surface area contributed by atoms with Crippen molar-refractivity contribution in [2.24, 2.45) is 0 Å². The van der Waals surface area contributed by atoms with Gasteiger partial charge in [-0.2, -0.15) is 12.6 Å². The summed E-state index contributed by atoms with van der Waals surface area (Å²) in [6.07, 6.45) is 4.05. The Bertz CT molecular complexity index is 517. The van der Waals surface area contributed by atoms with Gasteiger partial charge in [-0.1, -0.05) is 36.4 Å². The minimum absolute atomic E-state index is 0.286. The Hall–Kier alpha value is -1.87. The summed E-state index contributed by atoms with van der Waals surface area (Å²) in [7, 11) is 0. The first-order valence-electron chi connectivity index (χ1n) is 5.70. The van der Waals surface area contributed by atoms with Crippen LogP contribution in [-0.2, 0) is 0 Å². The van der Waals surface area contributed by atoms with Crippen LogP contribution < -0.4 is 5.32 Å². The van der Waals surface area contributed by atoms with Gasteiger partial charge in [0.15, 0.2) is 0 Å². The minimum Gasteiger partial charge on any atom is -0.508 e. The van der Waals surface area contributed by atoms with Gasteiger partial charge in [0.25, 0.3) is 0 Å². The zero-order valence-corrected chi connectivity index (χ0v) is 10.8. The summed E-state index contributed by atoms with van der Waals surface area (Å²) in [6.45, 7) is 0. The number of hydrogen-bond donors (Lipinski definition) is 3. The standard InChI is InChI=1S/C15H15NOS/c17-15-9-5-13(6-10-15)2-1-12-3-7-14(8-4-12)16-11-18/h1-10,16-18H,11H2. The lowest BCUT2D eigenvalue weighted by molar-refractivity contribution is 0.475. The van der Waals surface area contributed by atoms with Crippen molar-refractivity contribution in [3.63, 3.8) is 0 Å². The second kappa shape index (κ2) is 6.17. The fourth-order valence-corrected chi connectivity index (χ4v) is 1.76. The molecule has 0 aliphatic heterocycles. The second-order valence-electron chi connectivity index (χ2n) is 3.88. The fraction of sp³-hybridized carbons (Fsp3) is 0.0667. The number of phenolic OH excluding ortho intramolecular Hbond substituents is 1. The average molecular weight is 257 g/mol. The monoisotopic (exact) mass is 257 g/mol. The van der Waals surface area contributed by atoms with Crippen molar-refractivity contribution < 1.29 is 5.11 Å². The van der Waals surface area contributed by atoms with Crippen LogP contribution in [0.1, 0.15) is 11.1 Å². The summed E-state index contributed by atoms with van der Waals surface area (Å²) in [5.41, 5.74) is 3.25. The van der Waals surface area contributed by atoms with Gasteiger partial charge >= 0.3 is 0 Å². The molecular formula is C15H15NOS. The normalized spacial score (nSPS) is 10.7. The van der Waals surface area contributed by atoms with E-state index in [-0.39, 0.29) is 5.75 Å². The maximum atomic E-state index is 9.19. The quantitative estimate of drug-likeness (QED) is 0.441. The molecule has 0 unspecified atom stereocenters. The molecule has 2 aromatic rings. The Morgan fingerprint density at radius 1 is 0.889 bits per heavy atom. The summed E-state index contributed by atoms with van der Waals surface area (Å²) in [4.78, 5) is 0. The topological polar surface area (TPSA) is 32.3 Å². The van der Waals surface area contributed by atoms with Crippen LogP contribution in [0.4, 0.5) is 5.69 Å². The molecular weight excluding hydrogens is 242 g/mol. The molecule has 3 heteroatoms. The number of aromatic hydroxyl groups is 1. The lowest BCUT2D eigenvalue weighted by Crippen LogP contribution is -1.93. The molecule has 2 N–H and O–H groups in total. The number of anilines is 1. The third-order valence-electron chi connectivity index (χ3n) is 2.56. The van der Waals surface area contributed by atoms with Crippen molar-refractivity contribution in [2.75, 3.05) is 11.2 Å². The highest BCUT2D eigenvalue weighted by Crippen LogP contribution is 2.14. The van der Waals surface area contributed by atoms with Crippen LogP contribution in [0.3, 0.4) is 0 Å². The average Bonchev–Trinajstić information content (AvgIpc) is 2.40. The molecule has 0 fully saturated rings. The summed E-state index contributed by atoms with van der Waals surface area (Å²) >= 11 is 4.11. The van der Waals surface area contributed by atoms with Crippen LogP contribution >= 0.6 is 12.6 Å². The smallest absolute Gasteiger partial charge is 0.115 e. The molecule has 2 rings (SSSR count). The van der Waals surface area contributed by atoms with E-state index in [4.69, 9.17) is 0 Å². The SMILES string of the molecule is Oc1ccc(C=Cc2ccc(NCS)cc2)cc1. The van der Waals surface area contributed by atoms with Crippen LogP contribution in [-0.4, -0.2) is 11.0 Å². The molecule has 2 aromatic carbocycles. The molecule has 18 heavy (non-hydrogen) atoms. The molecule has 0 saturated heterocycles. The van der Waals surface area contributed by atoms with Crippen LogP contribution in [0.2, 0.25) is 0 Å². The molecule has 92 valence electrons. The molecule has 0 spiro atoms. The van der Waals surface area contributed by atoms with Crippen LogP contribution in [0.25, 0.3) is 12.2 Å². The highest BCUT2D eigenvalue weighted by molar-refractivity contribution is 7.80. The van der Waals surface area contributed by atoms with Gasteiger partial charge in [-0.25, -0.2) is 0 Å². The van der Waals surface area contributed by atoms with Crippen molar-refractivity contribution in [2.45, 2.75) is 0 Å². The lowest BCUT2D eigenvalue weighted by atomic mass is 10.1. The van der Waals surface area contributed by atoms with E-state index in [2.05, 4.69) is 17.9 Å². The molecule has 2 nitrogen and oxygen atoms in total. The third kappa shape index (κ3) is 3.57. The van der Waals surface area contributed by atoms with E-state index in [1.54, 1.807) is 12.1 Å². The van der Waals surface area contributed by atoms with E-state index >= 15 is 0 Å². The van der Waals surface area contributed by atoms with Gasteiger partial charge in [0.2, 0.25) is 0 Å². The predicted molar refractivity (Wildman–Crippen MR) is 81.0 cm³/mol. The number of hydrogen-bond acceptors (Lipinski definition) is 3. The van der Waals surface area contributed by atoms with E-state index in [0.717, 1.165) is 16.8 Å². The summed E-state index contributed by atoms with van der Waals surface area (Å²) in [5, 5.41) is 12.3. The molecule has 0 aliphatic carbocycles. The van der Waals surface area contributed by atoms with E-state index in [0.29, 0.717) is 5.88 Å². The van der Waals surface area contributed by atoms with E-state index in [9.17, 15) is 5.11 Å². The molecule has 0 radical (unpaired) electrons. The number of benzene rings is 2. The number of nitrogens with one attached hydrogen (secondary N) is 1. The molecule has 0 heterocycles. The first kappa shape index (κ1) is 12.6. The first-order chi connectivity index (χ1) is 8.78. The van der Waals surface area contributed by atoms with Crippen LogP contribution in [0.5, 0.6) is 5.75 Å². The molecule has 0 bridgehead atoms. The fourth-order valence-electron chi connectivity index (χ4n) is 1.58. The number of rotatable bonds is 4. The van der Waals surface area contributed by atoms with Gasteiger partial charge < -0.3 is 10.4 Å². The highest BCUT2D eigenvalue weighted by Gasteiger charge is 1.91. The lowest BCUT2D eigenvalue weighted by Gasteiger charge is -2.02. The van der Waals surface area contributed by atoms with Crippen molar-refractivity contribution >= 4 is 30.5 Å². The molecule has 0 aliphatic rings. The van der Waals surface area contributed by atoms with Crippen LogP contribution in [0.15, 0.2) is 48.5 Å². The van der Waals surface area contributed by atoms with Crippen molar-refractivity contribution in [1.82, 2.24) is 0 Å². The van der Waals surface area contributed by atoms with Gasteiger partial charge in [-0.05, 0) is 35.4 Å². The Labute approximate surface area is 112 Å². The third-order valence-corrected chi connectivity index (χ3v) is 2.71. The Balaban J connectivity index is 2.06. The summed E-state index contributed by atoms with van der Waals surface area (Å²) in [5.74, 6) is 0.914. The predicted octanol–water partition coefficient (Wildman–Crippen LogP) is 3.86. The number of thiol groups is 1. The van der Waals surface area contributed by atoms with Gasteiger partial charge in [0.1, 0.15) is 5.75 Å². The summed E-state index contributed by atoms with van der Waals surface area (Å²) < 4.78 is 0. The Morgan fingerprint density at radius 3 is 1.89 bits per heavy atom. The van der Waals surface area contributed by atoms with E-state index in [1.165, 1.54) is 0 Å². The first-order valence-corrected chi connectivity index (χ1v) is 6.33. The Morgan fingerprint density at radius 2 is 1.39 bits per heavy atom. The molecule has 0 aromatic heterocycles. The maximum absolute atomic E-state index is 9.19. The van der Waals surface area contributed by atoms with Crippen molar-refractivity contribution in [1.29, 1.82) is 0 Å². The van der Waals surface area contributed by atoms with Crippen molar-refractivity contribution in [3.05, 3.63) is 59.7 Å². The minimum atomic E-state index is 0.286. The van der Waals surface area contributed by atoms with E-state index < -0.39 is 0 Å². The zero-order valence-electron chi connectivity index (χ0n) is 9.88. The van der Waals surface area contributed by atoms with Gasteiger partial charge in [0, 0.05) is 5.69 Å². The van der Waals surface area contributed by atoms with E-state index in [1.807, 2.05) is 48.6 Å². The van der Waals surface area contributed by atoms with Gasteiger partial charge in [-0.3, -0.25) is 0 Å². The number of phenols is 1. The molecule has 0 saturated carbocycles. The molecule has 0 atom stereocenters. The van der Waals surface area contributed by atoms with Gasteiger partial charge in [0.05, 0.1) is 5.88 Å². The Kier molecular flexibility index (Phi) is 4.31. The summed E-state index contributed by atoms with van der Waals surface area (Å²) in [6, 6.07) is 15.2. The maximum Gasteiger partial charge on any atom is 0.115 e. The zero-order chi connectivity index (χ0) is 12.8. The molecule has 0 amide bonds. The van der Waals surface area contributed by atoms with Crippen LogP contribution in [0, 0.1) is 0 Å². The van der Waals surface area contributed by atoms with Gasteiger partial charge in [-0.15, -0.1) is 0 Å². The largest absolute Gasteiger partial charge is 0.508 e. The van der Waals surface area contributed by atoms with Crippen molar-refractivity contribution in [3.8, 4) is 5.75 Å². The highest BCUT2D eigenvalue weighted by atomic mass is 32.1. The second-order valence-corrected chi connectivity index (χ2v) is 4.20.